The summed E-state index contributed by atoms with van der Waals surface area (Å²) in [7, 11) is 0. The summed E-state index contributed by atoms with van der Waals surface area (Å²) in [5.74, 6) is -0.121. The van der Waals surface area contributed by atoms with Gasteiger partial charge >= 0.3 is 0 Å². The molecule has 1 aliphatic carbocycles. The molecule has 2 aromatic carbocycles. The minimum absolute atomic E-state index is 0.0590. The molecule has 0 amide bonds. The molecule has 0 atom stereocenters. The van der Waals surface area contributed by atoms with Crippen LogP contribution in [0.5, 0.6) is 0 Å². The molecule has 1 aliphatic rings. The van der Waals surface area contributed by atoms with Crippen LogP contribution in [0.1, 0.15) is 77.3 Å². The largest absolute Gasteiger partial charge is 0.384 e. The monoisotopic (exact) mass is 335 g/mol. The number of rotatable bonds is 8. The molecule has 0 saturated heterocycles. The highest BCUT2D eigenvalue weighted by atomic mass is 16.1. The minimum Gasteiger partial charge on any atom is -0.384 e. The predicted octanol–water partition coefficient (Wildman–Crippen LogP) is 5.23. The lowest BCUT2D eigenvalue weighted by atomic mass is 9.83. The predicted molar refractivity (Wildman–Crippen MR) is 102 cm³/mol. The van der Waals surface area contributed by atoms with Crippen LogP contribution in [0.4, 0.5) is 5.69 Å². The van der Waals surface area contributed by atoms with Crippen molar-refractivity contribution in [3.63, 3.8) is 0 Å². The Bertz CT molecular complexity index is 779. The molecule has 0 unspecified atom stereocenters. The van der Waals surface area contributed by atoms with Crippen molar-refractivity contribution in [2.24, 2.45) is 0 Å². The van der Waals surface area contributed by atoms with E-state index in [-0.39, 0.29) is 11.6 Å². The second kappa shape index (κ2) is 8.11. The van der Waals surface area contributed by atoms with Gasteiger partial charge < -0.3 is 5.32 Å². The summed E-state index contributed by atoms with van der Waals surface area (Å²) in [6.07, 6.45) is 7.37. The molecule has 0 spiro atoms. The second-order valence-electron chi connectivity index (χ2n) is 6.63. The first kappa shape index (κ1) is 17.4. The third-order valence-corrected chi connectivity index (χ3v) is 4.80. The number of nitrogens with one attached hydrogen (secondary N) is 1. The number of fused-ring (bicyclic) bond motifs is 2. The van der Waals surface area contributed by atoms with Gasteiger partial charge in [-0.3, -0.25) is 9.59 Å². The van der Waals surface area contributed by atoms with Gasteiger partial charge in [0.05, 0.1) is 5.56 Å². The summed E-state index contributed by atoms with van der Waals surface area (Å²) < 4.78 is 0. The number of ketones is 2. The fourth-order valence-corrected chi connectivity index (χ4v) is 3.42. The van der Waals surface area contributed by atoms with E-state index in [0.29, 0.717) is 22.3 Å². The maximum absolute atomic E-state index is 12.9. The molecule has 2 aromatic rings. The molecule has 0 radical (unpaired) electrons. The van der Waals surface area contributed by atoms with Crippen LogP contribution in [0.25, 0.3) is 0 Å². The van der Waals surface area contributed by atoms with E-state index in [2.05, 4.69) is 12.2 Å². The van der Waals surface area contributed by atoms with Crippen molar-refractivity contribution in [2.75, 3.05) is 11.9 Å². The zero-order valence-electron chi connectivity index (χ0n) is 14.8. The summed E-state index contributed by atoms with van der Waals surface area (Å²) in [6, 6.07) is 12.6. The molecule has 1 N–H and O–H groups in total. The Morgan fingerprint density at radius 2 is 1.36 bits per heavy atom. The molecular weight excluding hydrogens is 310 g/mol. The Labute approximate surface area is 149 Å². The molecular formula is C22H25NO2. The van der Waals surface area contributed by atoms with Crippen molar-refractivity contribution in [1.29, 1.82) is 0 Å². The highest BCUT2D eigenvalue weighted by Gasteiger charge is 2.31. The molecule has 3 nitrogen and oxygen atoms in total. The van der Waals surface area contributed by atoms with E-state index < -0.39 is 0 Å². The number of anilines is 1. The van der Waals surface area contributed by atoms with Gasteiger partial charge in [0.2, 0.25) is 0 Å². The average molecular weight is 335 g/mol. The van der Waals surface area contributed by atoms with E-state index >= 15 is 0 Å². The number of benzene rings is 2. The van der Waals surface area contributed by atoms with Gasteiger partial charge in [0.15, 0.2) is 11.6 Å². The SMILES string of the molecule is CCCCCCCCNc1cccc2c1C(=O)c1ccccc1C2=O. The van der Waals surface area contributed by atoms with Gasteiger partial charge in [0.1, 0.15) is 0 Å². The van der Waals surface area contributed by atoms with Crippen LogP contribution in [-0.4, -0.2) is 18.1 Å². The Morgan fingerprint density at radius 3 is 2.12 bits per heavy atom. The summed E-state index contributed by atoms with van der Waals surface area (Å²) in [4.78, 5) is 25.6. The normalized spacial score (nSPS) is 12.7. The van der Waals surface area contributed by atoms with Gasteiger partial charge in [-0.25, -0.2) is 0 Å². The number of carbonyl (C=O) groups is 2. The van der Waals surface area contributed by atoms with Crippen molar-refractivity contribution in [2.45, 2.75) is 45.4 Å². The van der Waals surface area contributed by atoms with Gasteiger partial charge in [-0.15, -0.1) is 0 Å². The first-order valence-electron chi connectivity index (χ1n) is 9.29. The molecule has 0 saturated carbocycles. The van der Waals surface area contributed by atoms with Crippen LogP contribution < -0.4 is 5.32 Å². The lowest BCUT2D eigenvalue weighted by molar-refractivity contribution is 0.0979. The number of carbonyl (C=O) groups excluding carboxylic acids is 2. The molecule has 0 aliphatic heterocycles. The molecule has 0 fully saturated rings. The first-order valence-corrected chi connectivity index (χ1v) is 9.29. The van der Waals surface area contributed by atoms with Gasteiger partial charge in [0, 0.05) is 28.9 Å². The van der Waals surface area contributed by atoms with Gasteiger partial charge in [-0.2, -0.15) is 0 Å². The first-order chi connectivity index (χ1) is 12.2. The fourth-order valence-electron chi connectivity index (χ4n) is 3.42. The number of hydrogen-bond donors (Lipinski definition) is 1. The van der Waals surface area contributed by atoms with Crippen LogP contribution in [0.3, 0.4) is 0 Å². The standard InChI is InChI=1S/C22H25NO2/c1-2-3-4-5-6-9-15-23-19-14-10-13-18-20(19)22(25)17-12-8-7-11-16(17)21(18)24/h7-8,10-14,23H,2-6,9,15H2,1H3. The Balaban J connectivity index is 1.72. The van der Waals surface area contributed by atoms with Crippen LogP contribution in [-0.2, 0) is 0 Å². The van der Waals surface area contributed by atoms with E-state index in [9.17, 15) is 9.59 Å². The lowest BCUT2D eigenvalue weighted by Gasteiger charge is -2.20. The van der Waals surface area contributed by atoms with Crippen molar-refractivity contribution in [3.8, 4) is 0 Å². The Morgan fingerprint density at radius 1 is 0.720 bits per heavy atom. The van der Waals surface area contributed by atoms with E-state index in [0.717, 1.165) is 18.7 Å². The third-order valence-electron chi connectivity index (χ3n) is 4.80. The zero-order chi connectivity index (χ0) is 17.6. The van der Waals surface area contributed by atoms with E-state index in [1.165, 1.54) is 32.1 Å². The molecule has 0 heterocycles. The summed E-state index contributed by atoms with van der Waals surface area (Å²) in [6.45, 7) is 3.04. The van der Waals surface area contributed by atoms with E-state index in [1.807, 2.05) is 12.1 Å². The molecule has 0 bridgehead atoms. The maximum Gasteiger partial charge on any atom is 0.196 e. The Kier molecular flexibility index (Phi) is 5.64. The average Bonchev–Trinajstić information content (AvgIpc) is 2.65. The minimum atomic E-state index is -0.0617. The molecule has 0 aromatic heterocycles. The highest BCUT2D eigenvalue weighted by molar-refractivity contribution is 6.30. The lowest BCUT2D eigenvalue weighted by Crippen LogP contribution is -2.22. The van der Waals surface area contributed by atoms with Crippen molar-refractivity contribution in [1.82, 2.24) is 0 Å². The summed E-state index contributed by atoms with van der Waals surface area (Å²) in [5, 5.41) is 3.37. The summed E-state index contributed by atoms with van der Waals surface area (Å²) in [5.41, 5.74) is 2.83. The molecule has 25 heavy (non-hydrogen) atoms. The van der Waals surface area contributed by atoms with Crippen LogP contribution in [0.2, 0.25) is 0 Å². The number of hydrogen-bond acceptors (Lipinski definition) is 3. The van der Waals surface area contributed by atoms with Crippen LogP contribution in [0.15, 0.2) is 42.5 Å². The zero-order valence-corrected chi connectivity index (χ0v) is 14.8. The van der Waals surface area contributed by atoms with Gasteiger partial charge in [-0.1, -0.05) is 75.4 Å². The van der Waals surface area contributed by atoms with Crippen molar-refractivity contribution >= 4 is 17.3 Å². The van der Waals surface area contributed by atoms with E-state index in [1.54, 1.807) is 30.3 Å². The quantitative estimate of drug-likeness (QED) is 0.573. The van der Waals surface area contributed by atoms with Crippen LogP contribution in [0, 0.1) is 0 Å². The van der Waals surface area contributed by atoms with Crippen molar-refractivity contribution < 1.29 is 9.59 Å². The highest BCUT2D eigenvalue weighted by Crippen LogP contribution is 2.31. The van der Waals surface area contributed by atoms with Gasteiger partial charge in [0.25, 0.3) is 0 Å². The molecule has 130 valence electrons. The topological polar surface area (TPSA) is 46.2 Å². The summed E-state index contributed by atoms with van der Waals surface area (Å²) >= 11 is 0. The maximum atomic E-state index is 12.9. The Hall–Kier alpha value is -2.42. The fraction of sp³-hybridized carbons (Fsp3) is 0.364. The number of unbranched alkanes of at least 4 members (excludes halogenated alkanes) is 5. The van der Waals surface area contributed by atoms with Gasteiger partial charge in [-0.05, 0) is 12.5 Å². The van der Waals surface area contributed by atoms with Crippen LogP contribution >= 0.6 is 0 Å². The van der Waals surface area contributed by atoms with E-state index in [4.69, 9.17) is 0 Å². The smallest absolute Gasteiger partial charge is 0.196 e. The van der Waals surface area contributed by atoms with Crippen molar-refractivity contribution in [3.05, 3.63) is 64.7 Å². The molecule has 3 heteroatoms. The third kappa shape index (κ3) is 3.65. The molecule has 3 rings (SSSR count). The second-order valence-corrected chi connectivity index (χ2v) is 6.63.